The predicted octanol–water partition coefficient (Wildman–Crippen LogP) is 4.39. The molecule has 0 aliphatic carbocycles. The number of nitrogen functional groups attached to an aromatic ring is 1. The fourth-order valence-corrected chi connectivity index (χ4v) is 4.55. The van der Waals surface area contributed by atoms with Crippen molar-refractivity contribution in [3.63, 3.8) is 0 Å². The summed E-state index contributed by atoms with van der Waals surface area (Å²) in [6.07, 6.45) is 1.27. The van der Waals surface area contributed by atoms with Crippen LogP contribution in [-0.4, -0.2) is 34.8 Å². The van der Waals surface area contributed by atoms with Crippen molar-refractivity contribution in [3.8, 4) is 5.75 Å². The second-order valence-electron chi connectivity index (χ2n) is 8.41. The van der Waals surface area contributed by atoms with E-state index in [1.807, 2.05) is 13.8 Å². The number of hydrogen-bond acceptors (Lipinski definition) is 6. The molecule has 2 aromatic rings. The molecule has 1 atom stereocenters. The summed E-state index contributed by atoms with van der Waals surface area (Å²) in [6, 6.07) is 5.89. The average molecular weight is 528 g/mol. The minimum absolute atomic E-state index is 0. The van der Waals surface area contributed by atoms with Gasteiger partial charge in [0.1, 0.15) is 16.8 Å². The van der Waals surface area contributed by atoms with Gasteiger partial charge in [-0.2, -0.15) is 0 Å². The van der Waals surface area contributed by atoms with Crippen molar-refractivity contribution in [2.75, 3.05) is 0 Å². The SMILES string of the molecule is CCC(CC)(Cc1ccc(C(=O)Oc2ccc(C(=N)N)cc2F)s1)C(=O)N[C@H](C(=O)O)C(C)C.Cl. The Hall–Kier alpha value is -2.98. The molecular weight excluding hydrogens is 497 g/mol. The van der Waals surface area contributed by atoms with Crippen molar-refractivity contribution in [2.45, 2.75) is 53.0 Å². The first kappa shape index (κ1) is 30.1. The van der Waals surface area contributed by atoms with Crippen LogP contribution >= 0.6 is 23.7 Å². The van der Waals surface area contributed by atoms with Gasteiger partial charge in [-0.25, -0.2) is 14.0 Å². The molecule has 0 bridgehead atoms. The van der Waals surface area contributed by atoms with E-state index in [-0.39, 0.29) is 46.3 Å². The molecule has 1 aromatic carbocycles. The van der Waals surface area contributed by atoms with Crippen LogP contribution in [0.2, 0.25) is 0 Å². The minimum atomic E-state index is -1.09. The number of esters is 1. The van der Waals surface area contributed by atoms with E-state index in [1.165, 1.54) is 12.1 Å². The highest BCUT2D eigenvalue weighted by molar-refractivity contribution is 7.14. The number of hydrogen-bond donors (Lipinski definition) is 4. The number of carbonyl (C=O) groups is 3. The summed E-state index contributed by atoms with van der Waals surface area (Å²) in [5.74, 6) is -3.86. The number of carboxylic acid groups (broad SMARTS) is 1. The van der Waals surface area contributed by atoms with Crippen molar-refractivity contribution in [1.29, 1.82) is 5.41 Å². The van der Waals surface area contributed by atoms with Crippen molar-refractivity contribution >= 4 is 47.4 Å². The van der Waals surface area contributed by atoms with E-state index in [0.717, 1.165) is 22.3 Å². The lowest BCUT2D eigenvalue weighted by Crippen LogP contribution is -2.51. The summed E-state index contributed by atoms with van der Waals surface area (Å²) in [5, 5.41) is 19.4. The number of amidine groups is 1. The van der Waals surface area contributed by atoms with E-state index in [4.69, 9.17) is 15.9 Å². The van der Waals surface area contributed by atoms with E-state index < -0.39 is 29.2 Å². The summed E-state index contributed by atoms with van der Waals surface area (Å²) in [7, 11) is 0. The van der Waals surface area contributed by atoms with Crippen LogP contribution in [0.1, 0.15) is 60.6 Å². The third-order valence-corrected chi connectivity index (χ3v) is 6.94. The first-order chi connectivity index (χ1) is 15.9. The molecule has 5 N–H and O–H groups in total. The molecule has 1 aromatic heterocycles. The molecule has 1 heterocycles. The molecule has 0 spiro atoms. The van der Waals surface area contributed by atoms with Crippen LogP contribution in [0.3, 0.4) is 0 Å². The maximum atomic E-state index is 14.2. The molecule has 8 nitrogen and oxygen atoms in total. The van der Waals surface area contributed by atoms with Gasteiger partial charge in [-0.1, -0.05) is 27.7 Å². The largest absolute Gasteiger partial charge is 0.480 e. The first-order valence-electron chi connectivity index (χ1n) is 10.9. The van der Waals surface area contributed by atoms with E-state index >= 15 is 0 Å². The highest BCUT2D eigenvalue weighted by Gasteiger charge is 2.38. The molecule has 0 saturated carbocycles. The van der Waals surface area contributed by atoms with Crippen LogP contribution in [-0.2, 0) is 16.0 Å². The summed E-state index contributed by atoms with van der Waals surface area (Å²) < 4.78 is 19.4. The second-order valence-corrected chi connectivity index (χ2v) is 9.58. The maximum absolute atomic E-state index is 14.2. The Kier molecular flexibility index (Phi) is 10.9. The van der Waals surface area contributed by atoms with E-state index in [0.29, 0.717) is 19.3 Å². The number of benzene rings is 1. The first-order valence-corrected chi connectivity index (χ1v) is 11.7. The number of nitrogens with one attached hydrogen (secondary N) is 2. The Morgan fingerprint density at radius 2 is 1.83 bits per heavy atom. The number of ether oxygens (including phenoxy) is 1. The van der Waals surface area contributed by atoms with Gasteiger partial charge >= 0.3 is 11.9 Å². The van der Waals surface area contributed by atoms with E-state index in [2.05, 4.69) is 5.32 Å². The molecule has 192 valence electrons. The third-order valence-electron chi connectivity index (χ3n) is 5.88. The molecule has 1 amide bonds. The van der Waals surface area contributed by atoms with Gasteiger partial charge in [0.25, 0.3) is 0 Å². The number of thiophene rings is 1. The van der Waals surface area contributed by atoms with Gasteiger partial charge in [0, 0.05) is 10.4 Å². The molecule has 0 aliphatic heterocycles. The number of halogens is 2. The topological polar surface area (TPSA) is 143 Å². The zero-order chi connectivity index (χ0) is 25.6. The van der Waals surface area contributed by atoms with Crippen LogP contribution in [0.25, 0.3) is 0 Å². The highest BCUT2D eigenvalue weighted by atomic mass is 35.5. The summed E-state index contributed by atoms with van der Waals surface area (Å²) in [6.45, 7) is 7.19. The third kappa shape index (κ3) is 7.25. The van der Waals surface area contributed by atoms with Crippen LogP contribution in [0.4, 0.5) is 4.39 Å². The fraction of sp³-hybridized carbons (Fsp3) is 0.417. The quantitative estimate of drug-likeness (QED) is 0.148. The van der Waals surface area contributed by atoms with Crippen molar-refractivity contribution in [2.24, 2.45) is 17.1 Å². The summed E-state index contributed by atoms with van der Waals surface area (Å²) in [5.41, 5.74) is 4.66. The normalized spacial score (nSPS) is 11.9. The average Bonchev–Trinajstić information content (AvgIpc) is 3.24. The van der Waals surface area contributed by atoms with E-state index in [1.54, 1.807) is 26.0 Å². The van der Waals surface area contributed by atoms with Gasteiger partial charge in [-0.05, 0) is 55.5 Å². The molecule has 0 radical (unpaired) electrons. The standard InChI is InChI=1S/C24H30FN3O5S.ClH/c1-5-24(6-2,23(32)28-19(13(3)4)21(29)30)12-15-8-10-18(34-15)22(31)33-17-9-7-14(20(26)27)11-16(17)25;/h7-11,13,19H,5-6,12H2,1-4H3,(H3,26,27)(H,28,32)(H,29,30);1H/t19-;/m0./s1. The number of carbonyl (C=O) groups excluding carboxylic acids is 2. The van der Waals surface area contributed by atoms with Crippen LogP contribution < -0.4 is 15.8 Å². The lowest BCUT2D eigenvalue weighted by molar-refractivity contribution is -0.145. The summed E-state index contributed by atoms with van der Waals surface area (Å²) >= 11 is 1.13. The van der Waals surface area contributed by atoms with Crippen LogP contribution in [0.5, 0.6) is 5.75 Å². The van der Waals surface area contributed by atoms with Crippen molar-refractivity contribution < 1.29 is 28.6 Å². The Balaban J connectivity index is 0.00000612. The zero-order valence-corrected chi connectivity index (χ0v) is 21.6. The van der Waals surface area contributed by atoms with Gasteiger partial charge in [0.15, 0.2) is 11.6 Å². The number of amides is 1. The molecule has 11 heteroatoms. The molecule has 0 aliphatic rings. The van der Waals surface area contributed by atoms with Crippen LogP contribution in [0, 0.1) is 22.6 Å². The molecule has 0 saturated heterocycles. The van der Waals surface area contributed by atoms with Crippen LogP contribution in [0.15, 0.2) is 30.3 Å². The van der Waals surface area contributed by atoms with Crippen molar-refractivity contribution in [1.82, 2.24) is 5.32 Å². The Morgan fingerprint density at radius 3 is 2.31 bits per heavy atom. The lowest BCUT2D eigenvalue weighted by Gasteiger charge is -2.32. The number of carboxylic acids is 1. The molecule has 0 fully saturated rings. The van der Waals surface area contributed by atoms with Gasteiger partial charge < -0.3 is 20.9 Å². The number of aliphatic carboxylic acids is 1. The predicted molar refractivity (Wildman–Crippen MR) is 135 cm³/mol. The monoisotopic (exact) mass is 527 g/mol. The lowest BCUT2D eigenvalue weighted by atomic mass is 9.77. The molecular formula is C24H31ClFN3O5S. The van der Waals surface area contributed by atoms with Gasteiger partial charge in [-0.3, -0.25) is 10.2 Å². The fourth-order valence-electron chi connectivity index (χ4n) is 3.53. The maximum Gasteiger partial charge on any atom is 0.353 e. The highest BCUT2D eigenvalue weighted by Crippen LogP contribution is 2.34. The number of nitrogens with two attached hydrogens (primary N) is 1. The summed E-state index contributed by atoms with van der Waals surface area (Å²) in [4.78, 5) is 38.2. The Bertz CT molecular complexity index is 1080. The smallest absolute Gasteiger partial charge is 0.353 e. The van der Waals surface area contributed by atoms with Gasteiger partial charge in [0.2, 0.25) is 5.91 Å². The minimum Gasteiger partial charge on any atom is -0.480 e. The Labute approximate surface area is 214 Å². The zero-order valence-electron chi connectivity index (χ0n) is 20.0. The van der Waals surface area contributed by atoms with Gasteiger partial charge in [0.05, 0.1) is 5.41 Å². The van der Waals surface area contributed by atoms with Gasteiger partial charge in [-0.15, -0.1) is 23.7 Å². The van der Waals surface area contributed by atoms with Crippen molar-refractivity contribution in [3.05, 3.63) is 51.5 Å². The number of rotatable bonds is 11. The second kappa shape index (κ2) is 12.6. The molecule has 2 rings (SSSR count). The molecule has 35 heavy (non-hydrogen) atoms. The Morgan fingerprint density at radius 1 is 1.20 bits per heavy atom. The van der Waals surface area contributed by atoms with E-state index in [9.17, 15) is 23.9 Å². The molecule has 0 unspecified atom stereocenters.